The summed E-state index contributed by atoms with van der Waals surface area (Å²) in [5, 5.41) is 4.40. The first-order valence-corrected chi connectivity index (χ1v) is 10.9. The van der Waals surface area contributed by atoms with E-state index in [1.54, 1.807) is 0 Å². The summed E-state index contributed by atoms with van der Waals surface area (Å²) in [5.74, 6) is 4.17. The van der Waals surface area contributed by atoms with Crippen LogP contribution in [0.4, 0.5) is 0 Å². The molecule has 0 bridgehead atoms. The van der Waals surface area contributed by atoms with E-state index in [2.05, 4.69) is 59.5 Å². The molecule has 2 aliphatic heterocycles. The van der Waals surface area contributed by atoms with Crippen LogP contribution in [0.2, 0.25) is 0 Å². The summed E-state index contributed by atoms with van der Waals surface area (Å²) < 4.78 is 5.89. The Morgan fingerprint density at radius 2 is 2.17 bits per heavy atom. The molecule has 0 amide bonds. The summed E-state index contributed by atoms with van der Waals surface area (Å²) in [4.78, 5) is 7.01. The molecule has 1 atom stereocenters. The first-order valence-electron chi connectivity index (χ1n) is 8.89. The maximum absolute atomic E-state index is 5.58. The molecule has 0 aromatic heterocycles. The number of rotatable bonds is 5. The molecule has 1 N–H and O–H groups in total. The molecule has 0 aromatic rings. The largest absolute Gasteiger partial charge is 0.381 e. The average molecular weight is 360 g/mol. The minimum atomic E-state index is 0.310. The van der Waals surface area contributed by atoms with Gasteiger partial charge in [0.05, 0.1) is 0 Å². The summed E-state index contributed by atoms with van der Waals surface area (Å²) in [6.45, 7) is 11.9. The molecule has 6 heteroatoms. The topological polar surface area (TPSA) is 36.9 Å². The Kier molecular flexibility index (Phi) is 7.89. The van der Waals surface area contributed by atoms with Gasteiger partial charge in [-0.3, -0.25) is 4.99 Å². The molecule has 2 saturated heterocycles. The van der Waals surface area contributed by atoms with Crippen LogP contribution in [-0.2, 0) is 4.74 Å². The Hall–Kier alpha value is -0.0700. The van der Waals surface area contributed by atoms with Crippen LogP contribution in [0.5, 0.6) is 0 Å². The van der Waals surface area contributed by atoms with Gasteiger partial charge in [-0.25, -0.2) is 0 Å². The molecule has 2 fully saturated rings. The molecule has 23 heavy (non-hydrogen) atoms. The molecule has 1 unspecified atom stereocenters. The number of nitrogens with zero attached hydrogens (tertiary/aromatic N) is 2. The van der Waals surface area contributed by atoms with E-state index in [1.807, 2.05) is 7.05 Å². The van der Waals surface area contributed by atoms with E-state index in [0.717, 1.165) is 63.3 Å². The third kappa shape index (κ3) is 5.46. The van der Waals surface area contributed by atoms with Gasteiger partial charge in [-0.15, -0.1) is 0 Å². The molecule has 2 rings (SSSR count). The normalized spacial score (nSPS) is 25.7. The van der Waals surface area contributed by atoms with Gasteiger partial charge in [0.15, 0.2) is 5.96 Å². The fraction of sp³-hybridized carbons (Fsp3) is 0.941. The Morgan fingerprint density at radius 3 is 2.78 bits per heavy atom. The van der Waals surface area contributed by atoms with Gasteiger partial charge in [0.25, 0.3) is 0 Å². The fourth-order valence-corrected chi connectivity index (χ4v) is 5.81. The summed E-state index contributed by atoms with van der Waals surface area (Å²) in [7, 11) is 1.91. The van der Waals surface area contributed by atoms with Crippen LogP contribution in [0, 0.1) is 5.92 Å². The van der Waals surface area contributed by atoms with Crippen LogP contribution in [-0.4, -0.2) is 72.3 Å². The summed E-state index contributed by atoms with van der Waals surface area (Å²) in [6.07, 6.45) is 2.28. The molecular weight excluding hydrogens is 326 g/mol. The highest BCUT2D eigenvalue weighted by Crippen LogP contribution is 2.35. The van der Waals surface area contributed by atoms with E-state index in [9.17, 15) is 0 Å². The first-order chi connectivity index (χ1) is 11.1. The lowest BCUT2D eigenvalue weighted by Crippen LogP contribution is -2.52. The Bertz CT molecular complexity index is 379. The SMILES string of the molecule is CCSC1(CNC(=NC)N2CCSC(C(C)C)C2)CCOCC1. The molecule has 134 valence electrons. The van der Waals surface area contributed by atoms with Crippen molar-refractivity contribution in [3.8, 4) is 0 Å². The molecule has 2 aliphatic rings. The molecule has 4 nitrogen and oxygen atoms in total. The molecule has 0 spiro atoms. The van der Waals surface area contributed by atoms with Gasteiger partial charge in [-0.2, -0.15) is 23.5 Å². The number of hydrogen-bond acceptors (Lipinski definition) is 4. The third-order valence-corrected chi connectivity index (χ3v) is 7.77. The van der Waals surface area contributed by atoms with E-state index in [0.29, 0.717) is 10.00 Å². The predicted molar refractivity (Wildman–Crippen MR) is 105 cm³/mol. The van der Waals surface area contributed by atoms with Crippen LogP contribution in [0.15, 0.2) is 4.99 Å². The smallest absolute Gasteiger partial charge is 0.193 e. The molecule has 0 radical (unpaired) electrons. The zero-order chi connectivity index (χ0) is 16.7. The number of guanidine groups is 1. The van der Waals surface area contributed by atoms with Gasteiger partial charge >= 0.3 is 0 Å². The third-order valence-electron chi connectivity index (χ3n) is 4.77. The Labute approximate surface area is 150 Å². The zero-order valence-corrected chi connectivity index (χ0v) is 16.8. The van der Waals surface area contributed by atoms with Crippen molar-refractivity contribution in [1.29, 1.82) is 0 Å². The van der Waals surface area contributed by atoms with Crippen molar-refractivity contribution < 1.29 is 4.74 Å². The molecule has 0 saturated carbocycles. The van der Waals surface area contributed by atoms with E-state index in [1.165, 1.54) is 5.75 Å². The van der Waals surface area contributed by atoms with Crippen molar-refractivity contribution in [2.24, 2.45) is 10.9 Å². The zero-order valence-electron chi connectivity index (χ0n) is 15.1. The van der Waals surface area contributed by atoms with E-state index in [4.69, 9.17) is 4.74 Å². The number of aliphatic imine (C=N–C) groups is 1. The molecule has 2 heterocycles. The second kappa shape index (κ2) is 9.42. The van der Waals surface area contributed by atoms with Crippen LogP contribution < -0.4 is 5.32 Å². The first kappa shape index (κ1) is 19.3. The van der Waals surface area contributed by atoms with Gasteiger partial charge in [0.2, 0.25) is 0 Å². The lowest BCUT2D eigenvalue weighted by molar-refractivity contribution is 0.0780. The second-order valence-electron chi connectivity index (χ2n) is 6.73. The van der Waals surface area contributed by atoms with Crippen molar-refractivity contribution in [2.75, 3.05) is 51.4 Å². The highest BCUT2D eigenvalue weighted by molar-refractivity contribution is 8.00. The van der Waals surface area contributed by atoms with Crippen molar-refractivity contribution in [2.45, 2.75) is 43.6 Å². The lowest BCUT2D eigenvalue weighted by atomic mass is 9.99. The van der Waals surface area contributed by atoms with Crippen molar-refractivity contribution in [3.63, 3.8) is 0 Å². The molecular formula is C17H33N3OS2. The summed E-state index contributed by atoms with van der Waals surface area (Å²) >= 11 is 4.20. The van der Waals surface area contributed by atoms with Crippen molar-refractivity contribution in [1.82, 2.24) is 10.2 Å². The van der Waals surface area contributed by atoms with Gasteiger partial charge in [0, 0.05) is 55.6 Å². The number of thioether (sulfide) groups is 2. The van der Waals surface area contributed by atoms with Crippen LogP contribution >= 0.6 is 23.5 Å². The maximum atomic E-state index is 5.58. The summed E-state index contributed by atoms with van der Waals surface area (Å²) in [6, 6.07) is 0. The predicted octanol–water partition coefficient (Wildman–Crippen LogP) is 2.94. The molecule has 0 aliphatic carbocycles. The Balaban J connectivity index is 1.93. The molecule has 0 aromatic carbocycles. The van der Waals surface area contributed by atoms with Gasteiger partial charge in [-0.1, -0.05) is 20.8 Å². The van der Waals surface area contributed by atoms with Crippen LogP contribution in [0.25, 0.3) is 0 Å². The van der Waals surface area contributed by atoms with Crippen LogP contribution in [0.1, 0.15) is 33.6 Å². The number of hydrogen-bond donors (Lipinski definition) is 1. The fourth-order valence-electron chi connectivity index (χ4n) is 3.27. The standard InChI is InChI=1S/C17H33N3OS2/c1-5-23-17(6-9-21-10-7-17)13-19-16(18-4)20-8-11-22-15(12-20)14(2)3/h14-15H,5-13H2,1-4H3,(H,18,19). The average Bonchev–Trinajstić information content (AvgIpc) is 2.57. The van der Waals surface area contributed by atoms with Gasteiger partial charge < -0.3 is 15.0 Å². The van der Waals surface area contributed by atoms with E-state index >= 15 is 0 Å². The minimum absolute atomic E-state index is 0.310. The van der Waals surface area contributed by atoms with Crippen molar-refractivity contribution >= 4 is 29.5 Å². The van der Waals surface area contributed by atoms with E-state index in [-0.39, 0.29) is 0 Å². The van der Waals surface area contributed by atoms with Gasteiger partial charge in [0.1, 0.15) is 0 Å². The van der Waals surface area contributed by atoms with Crippen LogP contribution in [0.3, 0.4) is 0 Å². The van der Waals surface area contributed by atoms with Gasteiger partial charge in [-0.05, 0) is 24.5 Å². The number of nitrogens with one attached hydrogen (secondary N) is 1. The van der Waals surface area contributed by atoms with Crippen molar-refractivity contribution in [3.05, 3.63) is 0 Å². The maximum Gasteiger partial charge on any atom is 0.193 e. The lowest BCUT2D eigenvalue weighted by Gasteiger charge is -2.40. The highest BCUT2D eigenvalue weighted by atomic mass is 32.2. The quantitative estimate of drug-likeness (QED) is 0.603. The number of ether oxygens (including phenoxy) is 1. The highest BCUT2D eigenvalue weighted by Gasteiger charge is 2.33. The minimum Gasteiger partial charge on any atom is -0.381 e. The Morgan fingerprint density at radius 1 is 1.43 bits per heavy atom. The van der Waals surface area contributed by atoms with E-state index < -0.39 is 0 Å². The monoisotopic (exact) mass is 359 g/mol. The second-order valence-corrected chi connectivity index (χ2v) is 9.81. The summed E-state index contributed by atoms with van der Waals surface area (Å²) in [5.41, 5.74) is 0.